The number of nitrogens with zero attached hydrogens (tertiary/aromatic N) is 3. The molecule has 4 fully saturated rings. The molecule has 2 saturated heterocycles. The lowest BCUT2D eigenvalue weighted by molar-refractivity contribution is -0.137. The number of nitrogens with one attached hydrogen (secondary N) is 1. The quantitative estimate of drug-likeness (QED) is 0.660. The largest absolute Gasteiger partial charge is 0.416 e. The Bertz CT molecular complexity index is 1240. The summed E-state index contributed by atoms with van der Waals surface area (Å²) in [7, 11) is -3.02. The van der Waals surface area contributed by atoms with E-state index in [1.807, 2.05) is 18.5 Å². The van der Waals surface area contributed by atoms with Crippen LogP contribution in [0, 0.1) is 23.2 Å². The van der Waals surface area contributed by atoms with E-state index >= 15 is 0 Å². The third-order valence-electron chi connectivity index (χ3n) is 8.88. The number of halogens is 3. The molecule has 0 amide bonds. The maximum absolute atomic E-state index is 13.2. The van der Waals surface area contributed by atoms with E-state index in [4.69, 9.17) is 4.98 Å². The zero-order valence-corrected chi connectivity index (χ0v) is 20.7. The van der Waals surface area contributed by atoms with Crippen LogP contribution in [0.2, 0.25) is 0 Å². The average Bonchev–Trinajstić information content (AvgIpc) is 3.12. The van der Waals surface area contributed by atoms with Crippen LogP contribution < -0.4 is 5.32 Å². The average molecular weight is 509 g/mol. The van der Waals surface area contributed by atoms with Crippen molar-refractivity contribution in [3.63, 3.8) is 0 Å². The summed E-state index contributed by atoms with van der Waals surface area (Å²) in [6, 6.07) is 5.19. The lowest BCUT2D eigenvalue weighted by Crippen LogP contribution is -2.63. The van der Waals surface area contributed by atoms with Crippen LogP contribution in [0.25, 0.3) is 11.4 Å². The summed E-state index contributed by atoms with van der Waals surface area (Å²) >= 11 is 0. The first-order chi connectivity index (χ1) is 16.5. The fourth-order valence-corrected chi connectivity index (χ4v) is 10.5. The number of aromatic nitrogens is 3. The normalized spacial score (nSPS) is 33.0. The first kappa shape index (κ1) is 23.5. The summed E-state index contributed by atoms with van der Waals surface area (Å²) in [5.74, 6) is 2.65. The molecule has 10 heteroatoms. The van der Waals surface area contributed by atoms with Crippen LogP contribution in [0.3, 0.4) is 0 Å². The molecular weight excluding hydrogens is 477 g/mol. The van der Waals surface area contributed by atoms with Crippen molar-refractivity contribution in [1.29, 1.82) is 0 Å². The molecular formula is C25H31F3N4O2S. The molecule has 2 aromatic rings. The second kappa shape index (κ2) is 7.78. The van der Waals surface area contributed by atoms with E-state index in [-0.39, 0.29) is 28.5 Å². The SMILES string of the molecule is CC(C)n1nc(-c2cccc(C(F)(F)F)c2)nc1C1[C@H]2CC(C3C4(CCNCC4)CS3(=O)=O)C[C@@H]12. The molecule has 6 rings (SSSR count). The van der Waals surface area contributed by atoms with Gasteiger partial charge in [-0.25, -0.2) is 18.1 Å². The molecule has 3 heterocycles. The highest BCUT2D eigenvalue weighted by molar-refractivity contribution is 7.93. The summed E-state index contributed by atoms with van der Waals surface area (Å²) in [4.78, 5) is 4.74. The molecule has 190 valence electrons. The molecule has 4 aliphatic rings. The summed E-state index contributed by atoms with van der Waals surface area (Å²) in [6.07, 6.45) is -0.769. The molecule has 3 unspecified atom stereocenters. The lowest BCUT2D eigenvalue weighted by Gasteiger charge is -2.53. The maximum atomic E-state index is 13.2. The molecule has 35 heavy (non-hydrogen) atoms. The van der Waals surface area contributed by atoms with Gasteiger partial charge >= 0.3 is 6.18 Å². The Morgan fingerprint density at radius 2 is 1.83 bits per heavy atom. The number of rotatable bonds is 4. The molecule has 2 aliphatic carbocycles. The number of alkyl halides is 3. The van der Waals surface area contributed by atoms with Gasteiger partial charge in [0, 0.05) is 22.9 Å². The topological polar surface area (TPSA) is 76.9 Å². The van der Waals surface area contributed by atoms with E-state index in [1.54, 1.807) is 6.07 Å². The van der Waals surface area contributed by atoms with E-state index < -0.39 is 21.6 Å². The van der Waals surface area contributed by atoms with E-state index in [0.717, 1.165) is 56.7 Å². The van der Waals surface area contributed by atoms with E-state index in [1.165, 1.54) is 6.07 Å². The van der Waals surface area contributed by atoms with Crippen molar-refractivity contribution >= 4 is 9.84 Å². The summed E-state index contributed by atoms with van der Waals surface area (Å²) in [5.41, 5.74) is -0.398. The maximum Gasteiger partial charge on any atom is 0.416 e. The highest BCUT2D eigenvalue weighted by Crippen LogP contribution is 2.68. The third-order valence-corrected chi connectivity index (χ3v) is 11.5. The summed E-state index contributed by atoms with van der Waals surface area (Å²) in [5, 5.41) is 7.75. The molecule has 1 N–H and O–H groups in total. The van der Waals surface area contributed by atoms with Gasteiger partial charge in [-0.05, 0) is 82.5 Å². The van der Waals surface area contributed by atoms with Gasteiger partial charge in [-0.1, -0.05) is 12.1 Å². The van der Waals surface area contributed by atoms with Gasteiger partial charge in [-0.3, -0.25) is 0 Å². The highest BCUT2D eigenvalue weighted by Gasteiger charge is 2.67. The smallest absolute Gasteiger partial charge is 0.317 e. The van der Waals surface area contributed by atoms with Crippen LogP contribution >= 0.6 is 0 Å². The fraction of sp³-hybridized carbons (Fsp3) is 0.680. The number of hydrogen-bond acceptors (Lipinski definition) is 5. The Labute approximate surface area is 203 Å². The molecule has 2 saturated carbocycles. The van der Waals surface area contributed by atoms with Gasteiger partial charge in [0.1, 0.15) is 5.82 Å². The number of hydrogen-bond donors (Lipinski definition) is 1. The molecule has 0 bridgehead atoms. The molecule has 1 aromatic heterocycles. The van der Waals surface area contributed by atoms with Crippen LogP contribution in [0.15, 0.2) is 24.3 Å². The Morgan fingerprint density at radius 3 is 2.43 bits per heavy atom. The standard InChI is InChI=1S/C25H31F3N4O2S/c1-14(2)32-23(30-22(31-32)15-4-3-5-17(10-15)25(26,27)28)20-18-11-16(12-19(18)20)21-24(13-35(21,33)34)6-8-29-9-7-24/h3-5,10,14,16,18-21,29H,6-9,11-13H2,1-2H3/t16?,18-,19+,20?,21?. The van der Waals surface area contributed by atoms with Crippen LogP contribution in [-0.2, 0) is 16.0 Å². The third kappa shape index (κ3) is 3.74. The Balaban J connectivity index is 1.23. The minimum Gasteiger partial charge on any atom is -0.317 e. The van der Waals surface area contributed by atoms with E-state index in [0.29, 0.717) is 29.0 Å². The van der Waals surface area contributed by atoms with Crippen molar-refractivity contribution in [2.45, 2.75) is 62.9 Å². The molecule has 5 atom stereocenters. The zero-order chi connectivity index (χ0) is 24.8. The van der Waals surface area contributed by atoms with E-state index in [2.05, 4.69) is 10.4 Å². The monoisotopic (exact) mass is 508 g/mol. The van der Waals surface area contributed by atoms with Crippen molar-refractivity contribution in [2.75, 3.05) is 18.8 Å². The van der Waals surface area contributed by atoms with Crippen molar-refractivity contribution in [2.24, 2.45) is 23.2 Å². The molecule has 6 nitrogen and oxygen atoms in total. The van der Waals surface area contributed by atoms with Gasteiger partial charge in [0.25, 0.3) is 0 Å². The Morgan fingerprint density at radius 1 is 1.14 bits per heavy atom. The highest BCUT2D eigenvalue weighted by atomic mass is 32.2. The Hall–Kier alpha value is -1.94. The molecule has 2 aliphatic heterocycles. The van der Waals surface area contributed by atoms with Crippen LogP contribution in [0.1, 0.15) is 62.9 Å². The van der Waals surface area contributed by atoms with Crippen LogP contribution in [0.4, 0.5) is 13.2 Å². The predicted molar refractivity (Wildman–Crippen MR) is 125 cm³/mol. The van der Waals surface area contributed by atoms with Crippen LogP contribution in [0.5, 0.6) is 0 Å². The fourth-order valence-electron chi connectivity index (χ4n) is 7.41. The Kier molecular flexibility index (Phi) is 5.21. The predicted octanol–water partition coefficient (Wildman–Crippen LogP) is 4.45. The van der Waals surface area contributed by atoms with Gasteiger partial charge in [-0.2, -0.15) is 18.3 Å². The molecule has 1 aromatic carbocycles. The minimum atomic E-state index is -4.42. The van der Waals surface area contributed by atoms with Crippen LogP contribution in [-0.4, -0.2) is 47.3 Å². The van der Waals surface area contributed by atoms with Gasteiger partial charge in [0.2, 0.25) is 0 Å². The molecule has 0 radical (unpaired) electrons. The first-order valence-corrected chi connectivity index (χ1v) is 14.3. The van der Waals surface area contributed by atoms with Crippen molar-refractivity contribution in [3.05, 3.63) is 35.7 Å². The molecule has 1 spiro atoms. The number of fused-ring (bicyclic) bond motifs is 1. The summed E-state index contributed by atoms with van der Waals surface area (Å²) in [6.45, 7) is 5.78. The van der Waals surface area contributed by atoms with Crippen molar-refractivity contribution < 1.29 is 21.6 Å². The second-order valence-electron chi connectivity index (χ2n) is 11.3. The lowest BCUT2D eigenvalue weighted by atomic mass is 9.71. The van der Waals surface area contributed by atoms with Crippen molar-refractivity contribution in [1.82, 2.24) is 20.1 Å². The second-order valence-corrected chi connectivity index (χ2v) is 13.5. The minimum absolute atomic E-state index is 0.0270. The number of sulfone groups is 1. The van der Waals surface area contributed by atoms with Crippen molar-refractivity contribution in [3.8, 4) is 11.4 Å². The van der Waals surface area contributed by atoms with Gasteiger partial charge < -0.3 is 5.32 Å². The van der Waals surface area contributed by atoms with Gasteiger partial charge in [0.15, 0.2) is 15.7 Å². The number of piperidine rings is 1. The van der Waals surface area contributed by atoms with Gasteiger partial charge in [-0.15, -0.1) is 0 Å². The van der Waals surface area contributed by atoms with E-state index in [9.17, 15) is 21.6 Å². The first-order valence-electron chi connectivity index (χ1n) is 12.6. The summed E-state index contributed by atoms with van der Waals surface area (Å²) < 4.78 is 67.2. The zero-order valence-electron chi connectivity index (χ0n) is 19.9. The van der Waals surface area contributed by atoms with Gasteiger partial charge in [0.05, 0.1) is 16.6 Å². The number of benzene rings is 1.